The highest BCUT2D eigenvalue weighted by Crippen LogP contribution is 2.17. The van der Waals surface area contributed by atoms with Crippen LogP contribution in [0.2, 0.25) is 5.15 Å². The lowest BCUT2D eigenvalue weighted by molar-refractivity contribution is 1.15. The molecule has 14 heavy (non-hydrogen) atoms. The third-order valence-corrected chi connectivity index (χ3v) is 2.18. The molecular weight excluding hydrogens is 265 g/mol. The first kappa shape index (κ1) is 9.55. The zero-order valence-electron chi connectivity index (χ0n) is 6.98. The zero-order chi connectivity index (χ0) is 9.97. The SMILES string of the molecule is Clc1cccc(-c2cncc(Br)n2)n1. The first-order chi connectivity index (χ1) is 6.75. The van der Waals surface area contributed by atoms with E-state index in [9.17, 15) is 0 Å². The molecule has 2 aromatic heterocycles. The standard InChI is InChI=1S/C9H5BrClN3/c10-8-5-12-4-7(13-8)6-2-1-3-9(11)14-6/h1-5H. The molecule has 0 unspecified atom stereocenters. The maximum absolute atomic E-state index is 5.76. The number of aromatic nitrogens is 3. The van der Waals surface area contributed by atoms with Gasteiger partial charge in [-0.2, -0.15) is 0 Å². The third-order valence-electron chi connectivity index (χ3n) is 1.58. The number of rotatable bonds is 1. The van der Waals surface area contributed by atoms with Crippen LogP contribution in [0.1, 0.15) is 0 Å². The van der Waals surface area contributed by atoms with Crippen molar-refractivity contribution in [2.45, 2.75) is 0 Å². The molecule has 70 valence electrons. The molecule has 0 fully saturated rings. The largest absolute Gasteiger partial charge is 0.260 e. The molecule has 0 N–H and O–H groups in total. The summed E-state index contributed by atoms with van der Waals surface area (Å²) >= 11 is 9.01. The second-order valence-corrected chi connectivity index (χ2v) is 3.77. The van der Waals surface area contributed by atoms with Gasteiger partial charge in [0, 0.05) is 0 Å². The van der Waals surface area contributed by atoms with E-state index in [0.717, 1.165) is 0 Å². The van der Waals surface area contributed by atoms with Crippen molar-refractivity contribution in [3.8, 4) is 11.4 Å². The fourth-order valence-corrected chi connectivity index (χ4v) is 1.49. The minimum Gasteiger partial charge on any atom is -0.260 e. The van der Waals surface area contributed by atoms with E-state index in [2.05, 4.69) is 30.9 Å². The Labute approximate surface area is 94.3 Å². The average molecular weight is 271 g/mol. The number of hydrogen-bond donors (Lipinski definition) is 0. The highest BCUT2D eigenvalue weighted by atomic mass is 79.9. The quantitative estimate of drug-likeness (QED) is 0.748. The molecule has 0 saturated carbocycles. The molecule has 0 bridgehead atoms. The van der Waals surface area contributed by atoms with Crippen molar-refractivity contribution < 1.29 is 0 Å². The summed E-state index contributed by atoms with van der Waals surface area (Å²) in [5.41, 5.74) is 1.41. The minimum absolute atomic E-state index is 0.448. The van der Waals surface area contributed by atoms with Crippen LogP contribution in [0.3, 0.4) is 0 Å². The molecule has 3 nitrogen and oxygen atoms in total. The van der Waals surface area contributed by atoms with Gasteiger partial charge in [-0.1, -0.05) is 17.7 Å². The highest BCUT2D eigenvalue weighted by Gasteiger charge is 2.02. The van der Waals surface area contributed by atoms with E-state index in [4.69, 9.17) is 11.6 Å². The Bertz CT molecular complexity index is 418. The number of halogens is 2. The number of nitrogens with zero attached hydrogens (tertiary/aromatic N) is 3. The molecule has 0 spiro atoms. The van der Waals surface area contributed by atoms with E-state index in [1.54, 1.807) is 18.5 Å². The first-order valence-corrected chi connectivity index (χ1v) is 5.03. The number of hydrogen-bond acceptors (Lipinski definition) is 3. The highest BCUT2D eigenvalue weighted by molar-refractivity contribution is 9.10. The second-order valence-electron chi connectivity index (χ2n) is 2.57. The van der Waals surface area contributed by atoms with E-state index < -0.39 is 0 Å². The van der Waals surface area contributed by atoms with Crippen LogP contribution < -0.4 is 0 Å². The van der Waals surface area contributed by atoms with Crippen LogP contribution >= 0.6 is 27.5 Å². The van der Waals surface area contributed by atoms with Crippen molar-refractivity contribution in [3.63, 3.8) is 0 Å². The molecule has 0 amide bonds. The van der Waals surface area contributed by atoms with Gasteiger partial charge in [-0.3, -0.25) is 4.98 Å². The Morgan fingerprint density at radius 2 is 1.93 bits per heavy atom. The minimum atomic E-state index is 0.448. The summed E-state index contributed by atoms with van der Waals surface area (Å²) in [5.74, 6) is 0. The average Bonchev–Trinajstić information content (AvgIpc) is 2.18. The van der Waals surface area contributed by atoms with Crippen LogP contribution in [0.4, 0.5) is 0 Å². The molecule has 0 aliphatic heterocycles. The molecular formula is C9H5BrClN3. The molecule has 0 radical (unpaired) electrons. The molecule has 5 heteroatoms. The van der Waals surface area contributed by atoms with Crippen LogP contribution in [0.25, 0.3) is 11.4 Å². The molecule has 0 aliphatic rings. The summed E-state index contributed by atoms with van der Waals surface area (Å²) < 4.78 is 0.678. The molecule has 2 rings (SSSR count). The second kappa shape index (κ2) is 4.02. The summed E-state index contributed by atoms with van der Waals surface area (Å²) in [6.45, 7) is 0. The summed E-state index contributed by atoms with van der Waals surface area (Å²) in [6, 6.07) is 5.38. The van der Waals surface area contributed by atoms with Crippen LogP contribution in [-0.2, 0) is 0 Å². The smallest absolute Gasteiger partial charge is 0.129 e. The van der Waals surface area contributed by atoms with E-state index in [1.807, 2.05) is 12.1 Å². The maximum atomic E-state index is 5.76. The molecule has 0 atom stereocenters. The van der Waals surface area contributed by atoms with Gasteiger partial charge in [0.15, 0.2) is 0 Å². The van der Waals surface area contributed by atoms with Gasteiger partial charge in [0.25, 0.3) is 0 Å². The van der Waals surface area contributed by atoms with E-state index in [0.29, 0.717) is 21.1 Å². The fraction of sp³-hybridized carbons (Fsp3) is 0. The molecule has 2 aromatic rings. The predicted octanol–water partition coefficient (Wildman–Crippen LogP) is 2.95. The van der Waals surface area contributed by atoms with Crippen LogP contribution in [0, 0.1) is 0 Å². The lowest BCUT2D eigenvalue weighted by Crippen LogP contribution is -1.89. The monoisotopic (exact) mass is 269 g/mol. The van der Waals surface area contributed by atoms with Crippen LogP contribution in [0.15, 0.2) is 35.2 Å². The normalized spacial score (nSPS) is 10.1. The van der Waals surface area contributed by atoms with Gasteiger partial charge in [-0.25, -0.2) is 9.97 Å². The van der Waals surface area contributed by atoms with Gasteiger partial charge >= 0.3 is 0 Å². The molecule has 0 aliphatic carbocycles. The Morgan fingerprint density at radius 3 is 2.64 bits per heavy atom. The first-order valence-electron chi connectivity index (χ1n) is 3.86. The Balaban J connectivity index is 2.49. The maximum Gasteiger partial charge on any atom is 0.129 e. The van der Waals surface area contributed by atoms with Gasteiger partial charge in [0.05, 0.1) is 18.1 Å². The summed E-state index contributed by atoms with van der Waals surface area (Å²) in [6.07, 6.45) is 3.26. The number of pyridine rings is 1. The van der Waals surface area contributed by atoms with Gasteiger partial charge in [0.1, 0.15) is 15.5 Å². The molecule has 0 saturated heterocycles. The van der Waals surface area contributed by atoms with Crippen molar-refractivity contribution in [1.29, 1.82) is 0 Å². The summed E-state index contributed by atoms with van der Waals surface area (Å²) in [7, 11) is 0. The summed E-state index contributed by atoms with van der Waals surface area (Å²) in [5, 5.41) is 0.448. The van der Waals surface area contributed by atoms with E-state index in [1.165, 1.54) is 0 Å². The summed E-state index contributed by atoms with van der Waals surface area (Å²) in [4.78, 5) is 12.3. The van der Waals surface area contributed by atoms with Gasteiger partial charge in [0.2, 0.25) is 0 Å². The Hall–Kier alpha value is -1.00. The lowest BCUT2D eigenvalue weighted by atomic mass is 10.3. The zero-order valence-corrected chi connectivity index (χ0v) is 9.33. The van der Waals surface area contributed by atoms with Crippen molar-refractivity contribution in [1.82, 2.24) is 15.0 Å². The Kier molecular flexibility index (Phi) is 2.74. The fourth-order valence-electron chi connectivity index (χ4n) is 1.02. The van der Waals surface area contributed by atoms with Crippen molar-refractivity contribution >= 4 is 27.5 Å². The van der Waals surface area contributed by atoms with Gasteiger partial charge < -0.3 is 0 Å². The molecule has 0 aromatic carbocycles. The lowest BCUT2D eigenvalue weighted by Gasteiger charge is -1.99. The third kappa shape index (κ3) is 2.08. The van der Waals surface area contributed by atoms with Gasteiger partial charge in [-0.05, 0) is 28.1 Å². The topological polar surface area (TPSA) is 38.7 Å². The van der Waals surface area contributed by atoms with Crippen molar-refractivity contribution in [2.75, 3.05) is 0 Å². The van der Waals surface area contributed by atoms with Gasteiger partial charge in [-0.15, -0.1) is 0 Å². The van der Waals surface area contributed by atoms with Crippen molar-refractivity contribution in [3.05, 3.63) is 40.3 Å². The van der Waals surface area contributed by atoms with Crippen LogP contribution in [-0.4, -0.2) is 15.0 Å². The van der Waals surface area contributed by atoms with Crippen LogP contribution in [0.5, 0.6) is 0 Å². The van der Waals surface area contributed by atoms with E-state index in [-0.39, 0.29) is 0 Å². The van der Waals surface area contributed by atoms with Crippen molar-refractivity contribution in [2.24, 2.45) is 0 Å². The molecule has 2 heterocycles. The predicted molar refractivity (Wildman–Crippen MR) is 58.0 cm³/mol. The Morgan fingerprint density at radius 1 is 1.07 bits per heavy atom. The van der Waals surface area contributed by atoms with E-state index >= 15 is 0 Å².